The number of nitrogens with one attached hydrogen (secondary N) is 1. The molecule has 3 N–H and O–H groups in total. The molecule has 2 fully saturated rings. The molecule has 2 saturated carbocycles. The van der Waals surface area contributed by atoms with Crippen LogP contribution < -0.4 is 11.3 Å². The summed E-state index contributed by atoms with van der Waals surface area (Å²) in [5.74, 6) is 7.27. The van der Waals surface area contributed by atoms with Gasteiger partial charge in [0, 0.05) is 6.04 Å². The molecule has 0 bridgehead atoms. The van der Waals surface area contributed by atoms with E-state index >= 15 is 0 Å². The third kappa shape index (κ3) is 1.10. The van der Waals surface area contributed by atoms with Crippen molar-refractivity contribution in [2.75, 3.05) is 0 Å². The summed E-state index contributed by atoms with van der Waals surface area (Å²) in [5, 5.41) is 0. The highest BCUT2D eigenvalue weighted by Gasteiger charge is 2.40. The fraction of sp³-hybridized carbons (Fsp3) is 1.00. The van der Waals surface area contributed by atoms with Gasteiger partial charge in [-0.25, -0.2) is 0 Å². The lowest BCUT2D eigenvalue weighted by Crippen LogP contribution is -2.38. The van der Waals surface area contributed by atoms with Gasteiger partial charge in [0.05, 0.1) is 0 Å². The number of hydrogen-bond acceptors (Lipinski definition) is 2. The van der Waals surface area contributed by atoms with Crippen LogP contribution in [0.25, 0.3) is 0 Å². The van der Waals surface area contributed by atoms with Crippen LogP contribution in [0.2, 0.25) is 0 Å². The minimum Gasteiger partial charge on any atom is -0.271 e. The molecule has 0 unspecified atom stereocenters. The van der Waals surface area contributed by atoms with Crippen molar-refractivity contribution in [3.8, 4) is 0 Å². The van der Waals surface area contributed by atoms with Gasteiger partial charge in [-0.15, -0.1) is 0 Å². The van der Waals surface area contributed by atoms with Crippen LogP contribution in [0.3, 0.4) is 0 Å². The van der Waals surface area contributed by atoms with Gasteiger partial charge >= 0.3 is 0 Å². The lowest BCUT2D eigenvalue weighted by atomic mass is 10.1. The summed E-state index contributed by atoms with van der Waals surface area (Å²) in [6.45, 7) is 0. The topological polar surface area (TPSA) is 38.0 Å². The van der Waals surface area contributed by atoms with E-state index < -0.39 is 0 Å². The van der Waals surface area contributed by atoms with Gasteiger partial charge in [-0.1, -0.05) is 0 Å². The Labute approximate surface area is 55.8 Å². The van der Waals surface area contributed by atoms with E-state index in [1.165, 1.54) is 25.7 Å². The fourth-order valence-electron chi connectivity index (χ4n) is 1.57. The second kappa shape index (κ2) is 1.96. The normalized spacial score (nSPS) is 27.3. The SMILES string of the molecule is NNC(C1CC1)C1CC1. The van der Waals surface area contributed by atoms with Crippen molar-refractivity contribution in [3.05, 3.63) is 0 Å². The number of hydrogen-bond donors (Lipinski definition) is 2. The van der Waals surface area contributed by atoms with Crippen LogP contribution in [-0.4, -0.2) is 6.04 Å². The smallest absolute Gasteiger partial charge is 0.0267 e. The third-order valence-electron chi connectivity index (χ3n) is 2.45. The third-order valence-corrected chi connectivity index (χ3v) is 2.45. The zero-order chi connectivity index (χ0) is 6.27. The Morgan fingerprint density at radius 1 is 1.11 bits per heavy atom. The molecule has 0 atom stereocenters. The van der Waals surface area contributed by atoms with Crippen LogP contribution in [0.4, 0.5) is 0 Å². The highest BCUT2D eigenvalue weighted by Crippen LogP contribution is 2.43. The Morgan fingerprint density at radius 2 is 1.56 bits per heavy atom. The van der Waals surface area contributed by atoms with Crippen molar-refractivity contribution < 1.29 is 0 Å². The quantitative estimate of drug-likeness (QED) is 0.430. The Hall–Kier alpha value is -0.0800. The van der Waals surface area contributed by atoms with E-state index in [4.69, 9.17) is 5.84 Å². The molecule has 9 heavy (non-hydrogen) atoms. The Kier molecular flexibility index (Phi) is 1.24. The summed E-state index contributed by atoms with van der Waals surface area (Å²) in [6.07, 6.45) is 5.63. The molecular formula is C7H14N2. The first-order chi connectivity index (χ1) is 4.42. The average Bonchev–Trinajstić information content (AvgIpc) is 2.61. The monoisotopic (exact) mass is 126 g/mol. The zero-order valence-electron chi connectivity index (χ0n) is 5.64. The summed E-state index contributed by atoms with van der Waals surface area (Å²) in [5.41, 5.74) is 2.93. The maximum atomic E-state index is 5.40. The van der Waals surface area contributed by atoms with E-state index in [1.54, 1.807) is 0 Å². The summed E-state index contributed by atoms with van der Waals surface area (Å²) < 4.78 is 0. The maximum absolute atomic E-state index is 5.40. The summed E-state index contributed by atoms with van der Waals surface area (Å²) in [4.78, 5) is 0. The lowest BCUT2D eigenvalue weighted by molar-refractivity contribution is 0.427. The molecule has 0 aromatic rings. The van der Waals surface area contributed by atoms with E-state index in [-0.39, 0.29) is 0 Å². The number of nitrogens with two attached hydrogens (primary N) is 1. The molecule has 2 nitrogen and oxygen atoms in total. The first-order valence-electron chi connectivity index (χ1n) is 3.88. The van der Waals surface area contributed by atoms with Gasteiger partial charge in [-0.05, 0) is 37.5 Å². The van der Waals surface area contributed by atoms with Gasteiger partial charge in [0.25, 0.3) is 0 Å². The van der Waals surface area contributed by atoms with Gasteiger partial charge in [0.2, 0.25) is 0 Å². The molecule has 0 aliphatic heterocycles. The standard InChI is InChI=1S/C7H14N2/c8-9-7(5-1-2-5)6-3-4-6/h5-7,9H,1-4,8H2. The molecule has 2 aliphatic rings. The Morgan fingerprint density at radius 3 is 1.78 bits per heavy atom. The number of rotatable bonds is 3. The Bertz CT molecular complexity index is 93.5. The maximum Gasteiger partial charge on any atom is 0.0267 e. The zero-order valence-corrected chi connectivity index (χ0v) is 5.64. The molecular weight excluding hydrogens is 112 g/mol. The van der Waals surface area contributed by atoms with Crippen molar-refractivity contribution in [2.24, 2.45) is 17.7 Å². The lowest BCUT2D eigenvalue weighted by Gasteiger charge is -2.12. The predicted molar refractivity (Wildman–Crippen MR) is 36.6 cm³/mol. The first-order valence-corrected chi connectivity index (χ1v) is 3.88. The molecule has 0 heterocycles. The van der Waals surface area contributed by atoms with Gasteiger partial charge in [0.1, 0.15) is 0 Å². The van der Waals surface area contributed by atoms with Crippen molar-refractivity contribution in [3.63, 3.8) is 0 Å². The average molecular weight is 126 g/mol. The van der Waals surface area contributed by atoms with Crippen LogP contribution in [0.5, 0.6) is 0 Å². The summed E-state index contributed by atoms with van der Waals surface area (Å²) in [6, 6.07) is 0.671. The van der Waals surface area contributed by atoms with E-state index in [9.17, 15) is 0 Å². The molecule has 0 saturated heterocycles. The molecule has 0 radical (unpaired) electrons. The van der Waals surface area contributed by atoms with Crippen LogP contribution in [0, 0.1) is 11.8 Å². The van der Waals surface area contributed by atoms with Gasteiger partial charge in [0.15, 0.2) is 0 Å². The highest BCUT2D eigenvalue weighted by molar-refractivity contribution is 4.94. The second-order valence-corrected chi connectivity index (χ2v) is 3.37. The number of hydrazine groups is 1. The van der Waals surface area contributed by atoms with Crippen LogP contribution >= 0.6 is 0 Å². The van der Waals surface area contributed by atoms with Gasteiger partial charge in [-0.3, -0.25) is 11.3 Å². The molecule has 52 valence electrons. The summed E-state index contributed by atoms with van der Waals surface area (Å²) >= 11 is 0. The second-order valence-electron chi connectivity index (χ2n) is 3.37. The van der Waals surface area contributed by atoms with E-state index in [0.717, 1.165) is 11.8 Å². The minimum absolute atomic E-state index is 0.671. The van der Waals surface area contributed by atoms with Crippen LogP contribution in [0.1, 0.15) is 25.7 Å². The van der Waals surface area contributed by atoms with Gasteiger partial charge < -0.3 is 0 Å². The molecule has 2 rings (SSSR count). The Balaban J connectivity index is 1.85. The molecule has 0 amide bonds. The van der Waals surface area contributed by atoms with Gasteiger partial charge in [-0.2, -0.15) is 0 Å². The van der Waals surface area contributed by atoms with Crippen molar-refractivity contribution in [1.29, 1.82) is 0 Å². The summed E-state index contributed by atoms with van der Waals surface area (Å²) in [7, 11) is 0. The molecule has 2 aliphatic carbocycles. The predicted octanol–water partition coefficient (Wildman–Crippen LogP) is 0.638. The van der Waals surface area contributed by atoms with Crippen molar-refractivity contribution >= 4 is 0 Å². The first kappa shape index (κ1) is 5.69. The van der Waals surface area contributed by atoms with E-state index in [1.807, 2.05) is 0 Å². The highest BCUT2D eigenvalue weighted by atomic mass is 15.2. The van der Waals surface area contributed by atoms with Crippen LogP contribution in [-0.2, 0) is 0 Å². The molecule has 0 spiro atoms. The van der Waals surface area contributed by atoms with Crippen molar-refractivity contribution in [1.82, 2.24) is 5.43 Å². The minimum atomic E-state index is 0.671. The van der Waals surface area contributed by atoms with E-state index in [2.05, 4.69) is 5.43 Å². The van der Waals surface area contributed by atoms with Crippen LogP contribution in [0.15, 0.2) is 0 Å². The molecule has 0 aromatic carbocycles. The fourth-order valence-corrected chi connectivity index (χ4v) is 1.57. The van der Waals surface area contributed by atoms with E-state index in [0.29, 0.717) is 6.04 Å². The van der Waals surface area contributed by atoms with Crippen molar-refractivity contribution in [2.45, 2.75) is 31.7 Å². The largest absolute Gasteiger partial charge is 0.271 e. The molecule has 0 aromatic heterocycles. The molecule has 2 heteroatoms.